The van der Waals surface area contributed by atoms with Crippen molar-refractivity contribution < 1.29 is 14.4 Å². The van der Waals surface area contributed by atoms with Gasteiger partial charge in [0.25, 0.3) is 0 Å². The number of carbonyl (C=O) groups excluding carboxylic acids is 3. The zero-order valence-electron chi connectivity index (χ0n) is 20.3. The summed E-state index contributed by atoms with van der Waals surface area (Å²) in [5.41, 5.74) is 2.30. The second kappa shape index (κ2) is 10.6. The molecule has 0 spiro atoms. The third-order valence-corrected chi connectivity index (χ3v) is 6.79. The zero-order chi connectivity index (χ0) is 25.9. The molecule has 2 aliphatic rings. The Morgan fingerprint density at radius 2 is 1.76 bits per heavy atom. The molecule has 1 atom stereocenters. The molecule has 1 aromatic carbocycles. The zero-order valence-corrected chi connectivity index (χ0v) is 21.1. The second-order valence-corrected chi connectivity index (χ2v) is 9.41. The number of amides is 4. The quantitative estimate of drug-likeness (QED) is 0.514. The van der Waals surface area contributed by atoms with Gasteiger partial charge in [0, 0.05) is 55.7 Å². The van der Waals surface area contributed by atoms with E-state index in [1.807, 2.05) is 17.1 Å². The Kier molecular flexibility index (Phi) is 7.06. The molecular weight excluding hydrogens is 496 g/mol. The number of aromatic nitrogens is 3. The summed E-state index contributed by atoms with van der Waals surface area (Å²) in [7, 11) is 0. The Labute approximate surface area is 219 Å². The maximum absolute atomic E-state index is 13.5. The van der Waals surface area contributed by atoms with Crippen LogP contribution in [0.4, 0.5) is 15.3 Å². The number of nitrogens with zero attached hydrogens (tertiary/aromatic N) is 6. The number of hydrogen-bond acceptors (Lipinski definition) is 6. The first-order valence-electron chi connectivity index (χ1n) is 12.0. The molecule has 0 aliphatic carbocycles. The van der Waals surface area contributed by atoms with Crippen molar-refractivity contribution in [3.05, 3.63) is 77.1 Å². The van der Waals surface area contributed by atoms with Gasteiger partial charge < -0.3 is 15.5 Å². The number of halogens is 1. The van der Waals surface area contributed by atoms with E-state index in [0.29, 0.717) is 55.7 Å². The van der Waals surface area contributed by atoms with Crippen LogP contribution in [-0.2, 0) is 17.8 Å². The van der Waals surface area contributed by atoms with Crippen LogP contribution in [-0.4, -0.2) is 79.6 Å². The van der Waals surface area contributed by atoms with Gasteiger partial charge in [-0.1, -0.05) is 11.6 Å². The minimum absolute atomic E-state index is 0.124. The Balaban J connectivity index is 1.23. The van der Waals surface area contributed by atoms with E-state index in [0.717, 1.165) is 11.3 Å². The highest BCUT2D eigenvalue weighted by atomic mass is 35.5. The van der Waals surface area contributed by atoms with Gasteiger partial charge in [0.1, 0.15) is 11.9 Å². The van der Waals surface area contributed by atoms with Gasteiger partial charge in [0.2, 0.25) is 5.91 Å². The van der Waals surface area contributed by atoms with Crippen molar-refractivity contribution in [1.82, 2.24) is 34.8 Å². The number of urea groups is 1. The molecule has 4 amide bonds. The van der Waals surface area contributed by atoms with Crippen LogP contribution in [0.5, 0.6) is 0 Å². The predicted octanol–water partition coefficient (Wildman–Crippen LogP) is 2.52. The number of aryl methyl sites for hydroxylation is 1. The highest BCUT2D eigenvalue weighted by molar-refractivity contribution is 6.30. The van der Waals surface area contributed by atoms with Crippen molar-refractivity contribution in [2.45, 2.75) is 25.9 Å². The van der Waals surface area contributed by atoms with Crippen LogP contribution in [0.3, 0.4) is 0 Å². The maximum atomic E-state index is 13.5. The van der Waals surface area contributed by atoms with Crippen LogP contribution in [0.25, 0.3) is 0 Å². The summed E-state index contributed by atoms with van der Waals surface area (Å²) in [4.78, 5) is 49.1. The molecule has 5 rings (SSSR count). The number of anilines is 1. The molecule has 4 heterocycles. The first-order valence-corrected chi connectivity index (χ1v) is 12.4. The highest BCUT2D eigenvalue weighted by Gasteiger charge is 2.36. The lowest BCUT2D eigenvalue weighted by Crippen LogP contribution is -2.59. The number of carbonyl (C=O) groups is 3. The molecule has 1 saturated heterocycles. The standard InChI is InChI=1S/C25H27ClN8O3/c1-17-28-15-21-16-33(25(37)34(17)21)32-12-10-31(11-13-32)23(35)22(14-18-6-8-27-9-7-18)30-24(36)29-20-4-2-19(26)3-5-20/h2-9,15,22H,10-14,16H2,1H3,(H2,29,30,36)/t22-/m1/s1. The molecule has 0 radical (unpaired) electrons. The SMILES string of the molecule is Cc1ncc2n1C(=O)N(N1CCN(C(=O)[C@@H](Cc3ccncc3)NC(=O)Nc3ccc(Cl)cc3)CC1)C2. The molecule has 11 nitrogen and oxygen atoms in total. The summed E-state index contributed by atoms with van der Waals surface area (Å²) < 4.78 is 1.62. The predicted molar refractivity (Wildman–Crippen MR) is 137 cm³/mol. The van der Waals surface area contributed by atoms with Crippen molar-refractivity contribution in [2.75, 3.05) is 31.5 Å². The number of piperazine rings is 1. The van der Waals surface area contributed by atoms with E-state index in [1.54, 1.807) is 64.3 Å². The third kappa shape index (κ3) is 5.42. The van der Waals surface area contributed by atoms with Gasteiger partial charge in [-0.3, -0.25) is 14.8 Å². The number of fused-ring (bicyclic) bond motifs is 1. The van der Waals surface area contributed by atoms with Crippen LogP contribution in [0, 0.1) is 6.92 Å². The normalized spacial score (nSPS) is 16.4. The van der Waals surface area contributed by atoms with E-state index >= 15 is 0 Å². The molecular formula is C25H27ClN8O3. The van der Waals surface area contributed by atoms with Gasteiger partial charge in [0.05, 0.1) is 18.4 Å². The first kappa shape index (κ1) is 24.7. The van der Waals surface area contributed by atoms with Gasteiger partial charge in [-0.2, -0.15) is 0 Å². The molecule has 37 heavy (non-hydrogen) atoms. The van der Waals surface area contributed by atoms with Gasteiger partial charge in [-0.15, -0.1) is 0 Å². The van der Waals surface area contributed by atoms with Gasteiger partial charge in [-0.25, -0.2) is 24.1 Å². The van der Waals surface area contributed by atoms with E-state index in [9.17, 15) is 14.4 Å². The van der Waals surface area contributed by atoms with Crippen LogP contribution in [0.15, 0.2) is 55.0 Å². The average Bonchev–Trinajstić information content (AvgIpc) is 3.44. The molecule has 0 saturated carbocycles. The number of rotatable bonds is 6. The topological polar surface area (TPSA) is 116 Å². The van der Waals surface area contributed by atoms with Crippen molar-refractivity contribution in [2.24, 2.45) is 0 Å². The second-order valence-electron chi connectivity index (χ2n) is 8.97. The monoisotopic (exact) mass is 522 g/mol. The van der Waals surface area contributed by atoms with Gasteiger partial charge in [-0.05, 0) is 48.9 Å². The van der Waals surface area contributed by atoms with E-state index in [2.05, 4.69) is 20.6 Å². The molecule has 0 unspecified atom stereocenters. The van der Waals surface area contributed by atoms with E-state index in [4.69, 9.17) is 11.6 Å². The Morgan fingerprint density at radius 3 is 2.43 bits per heavy atom. The molecule has 1 fully saturated rings. The first-order chi connectivity index (χ1) is 17.9. The fraction of sp³-hybridized carbons (Fsp3) is 0.320. The van der Waals surface area contributed by atoms with Crippen LogP contribution >= 0.6 is 11.6 Å². The number of hydrazine groups is 1. The molecule has 3 aromatic rings. The van der Waals surface area contributed by atoms with Crippen LogP contribution in [0.1, 0.15) is 17.1 Å². The van der Waals surface area contributed by atoms with E-state index < -0.39 is 12.1 Å². The number of imidazole rings is 1. The average molecular weight is 523 g/mol. The van der Waals surface area contributed by atoms with Crippen LogP contribution < -0.4 is 10.6 Å². The Hall–Kier alpha value is -3.96. The third-order valence-electron chi connectivity index (χ3n) is 6.54. The van der Waals surface area contributed by atoms with Gasteiger partial charge >= 0.3 is 12.1 Å². The summed E-state index contributed by atoms with van der Waals surface area (Å²) in [5, 5.41) is 9.82. The summed E-state index contributed by atoms with van der Waals surface area (Å²) in [6.07, 6.45) is 5.35. The van der Waals surface area contributed by atoms with E-state index in [-0.39, 0.29) is 11.9 Å². The van der Waals surface area contributed by atoms with Crippen molar-refractivity contribution in [3.8, 4) is 0 Å². The van der Waals surface area contributed by atoms with Crippen molar-refractivity contribution >= 4 is 35.3 Å². The summed E-state index contributed by atoms with van der Waals surface area (Å²) >= 11 is 5.92. The number of benzene rings is 1. The lowest BCUT2D eigenvalue weighted by atomic mass is 10.1. The Bertz CT molecular complexity index is 1290. The number of hydrogen-bond donors (Lipinski definition) is 2. The molecule has 2 N–H and O–H groups in total. The lowest BCUT2D eigenvalue weighted by Gasteiger charge is -2.40. The molecule has 2 aliphatic heterocycles. The summed E-state index contributed by atoms with van der Waals surface area (Å²) in [5.74, 6) is 0.486. The van der Waals surface area contributed by atoms with Gasteiger partial charge in [0.15, 0.2) is 0 Å². The highest BCUT2D eigenvalue weighted by Crippen LogP contribution is 2.21. The van der Waals surface area contributed by atoms with Crippen molar-refractivity contribution in [1.29, 1.82) is 0 Å². The maximum Gasteiger partial charge on any atom is 0.344 e. The largest absolute Gasteiger partial charge is 0.344 e. The summed E-state index contributed by atoms with van der Waals surface area (Å²) in [6.45, 7) is 4.15. The minimum Gasteiger partial charge on any atom is -0.338 e. The smallest absolute Gasteiger partial charge is 0.338 e. The van der Waals surface area contributed by atoms with Crippen molar-refractivity contribution in [3.63, 3.8) is 0 Å². The van der Waals surface area contributed by atoms with Crippen LogP contribution in [0.2, 0.25) is 5.02 Å². The minimum atomic E-state index is -0.774. The summed E-state index contributed by atoms with van der Waals surface area (Å²) in [6, 6.07) is 8.99. The molecule has 0 bridgehead atoms. The number of pyridine rings is 1. The lowest BCUT2D eigenvalue weighted by molar-refractivity contribution is -0.137. The molecule has 2 aromatic heterocycles. The molecule has 192 valence electrons. The fourth-order valence-electron chi connectivity index (χ4n) is 4.61. The van der Waals surface area contributed by atoms with E-state index in [1.165, 1.54) is 0 Å². The number of nitrogens with one attached hydrogen (secondary N) is 2. The molecule has 12 heteroatoms. The Morgan fingerprint density at radius 1 is 1.05 bits per heavy atom. The fourth-order valence-corrected chi connectivity index (χ4v) is 4.74.